The Kier molecular flexibility index (Phi) is 5.05. The Balaban J connectivity index is 1.64. The van der Waals surface area contributed by atoms with E-state index in [-0.39, 0.29) is 11.7 Å². The first kappa shape index (κ1) is 17.9. The maximum absolute atomic E-state index is 12.6. The van der Waals surface area contributed by atoms with Crippen LogP contribution in [0.1, 0.15) is 29.0 Å². The molecule has 5 nitrogen and oxygen atoms in total. The van der Waals surface area contributed by atoms with E-state index >= 15 is 0 Å². The molecule has 0 bridgehead atoms. The molecule has 1 fully saturated rings. The van der Waals surface area contributed by atoms with Gasteiger partial charge in [-0.15, -0.1) is 0 Å². The van der Waals surface area contributed by atoms with Crippen LogP contribution in [0.25, 0.3) is 11.0 Å². The zero-order chi connectivity index (χ0) is 18.8. The van der Waals surface area contributed by atoms with Crippen molar-refractivity contribution >= 4 is 34.2 Å². The van der Waals surface area contributed by atoms with E-state index in [0.29, 0.717) is 22.0 Å². The highest BCUT2D eigenvalue weighted by atomic mass is 35.5. The number of ether oxygens (including phenoxy) is 1. The van der Waals surface area contributed by atoms with Crippen LogP contribution in [0.2, 0.25) is 5.02 Å². The molecule has 6 heteroatoms. The van der Waals surface area contributed by atoms with Gasteiger partial charge < -0.3 is 14.5 Å². The van der Waals surface area contributed by atoms with Crippen molar-refractivity contribution in [1.29, 1.82) is 0 Å². The van der Waals surface area contributed by atoms with Crippen molar-refractivity contribution in [3.63, 3.8) is 0 Å². The molecular formula is C21H21ClN2O3. The SMILES string of the molecule is COc1ccc(CN2CCCC2)c2cc(C(=O)Nc3ccc(Cl)cc3)oc12. The predicted octanol–water partition coefficient (Wildman–Crippen LogP) is 4.94. The number of hydrogen-bond acceptors (Lipinski definition) is 4. The molecule has 0 atom stereocenters. The number of nitrogens with one attached hydrogen (secondary N) is 1. The zero-order valence-electron chi connectivity index (χ0n) is 15.1. The molecule has 2 aromatic carbocycles. The van der Waals surface area contributed by atoms with Crippen LogP contribution in [0.5, 0.6) is 5.75 Å². The van der Waals surface area contributed by atoms with Gasteiger partial charge in [0.1, 0.15) is 0 Å². The Morgan fingerprint density at radius 3 is 2.63 bits per heavy atom. The number of amides is 1. The highest BCUT2D eigenvalue weighted by Crippen LogP contribution is 2.33. The summed E-state index contributed by atoms with van der Waals surface area (Å²) < 4.78 is 11.3. The summed E-state index contributed by atoms with van der Waals surface area (Å²) in [6.45, 7) is 3.06. The molecule has 0 radical (unpaired) electrons. The Labute approximate surface area is 162 Å². The van der Waals surface area contributed by atoms with Gasteiger partial charge in [-0.3, -0.25) is 9.69 Å². The fourth-order valence-corrected chi connectivity index (χ4v) is 3.60. The predicted molar refractivity (Wildman–Crippen MR) is 107 cm³/mol. The molecule has 3 aromatic rings. The molecule has 2 heterocycles. The summed E-state index contributed by atoms with van der Waals surface area (Å²) in [7, 11) is 1.60. The number of hydrogen-bond donors (Lipinski definition) is 1. The number of benzene rings is 2. The maximum Gasteiger partial charge on any atom is 0.291 e. The lowest BCUT2D eigenvalue weighted by molar-refractivity contribution is 0.0998. The lowest BCUT2D eigenvalue weighted by atomic mass is 10.1. The molecule has 1 aliphatic heterocycles. The molecule has 1 saturated heterocycles. The molecule has 27 heavy (non-hydrogen) atoms. The highest BCUT2D eigenvalue weighted by molar-refractivity contribution is 6.30. The van der Waals surface area contributed by atoms with E-state index in [1.165, 1.54) is 12.8 Å². The van der Waals surface area contributed by atoms with Gasteiger partial charge in [0.25, 0.3) is 5.91 Å². The van der Waals surface area contributed by atoms with Crippen LogP contribution in [0, 0.1) is 0 Å². The lowest BCUT2D eigenvalue weighted by Crippen LogP contribution is -2.18. The topological polar surface area (TPSA) is 54.7 Å². The summed E-state index contributed by atoms with van der Waals surface area (Å²) in [6.07, 6.45) is 2.47. The number of likely N-dealkylation sites (tertiary alicyclic amines) is 1. The highest BCUT2D eigenvalue weighted by Gasteiger charge is 2.20. The van der Waals surface area contributed by atoms with Gasteiger partial charge in [-0.2, -0.15) is 0 Å². The first-order valence-electron chi connectivity index (χ1n) is 9.03. The lowest BCUT2D eigenvalue weighted by Gasteiger charge is -2.15. The quantitative estimate of drug-likeness (QED) is 0.676. The number of anilines is 1. The van der Waals surface area contributed by atoms with Crippen molar-refractivity contribution < 1.29 is 13.9 Å². The van der Waals surface area contributed by atoms with Gasteiger partial charge in [0.15, 0.2) is 17.1 Å². The molecule has 140 valence electrons. The average Bonchev–Trinajstić information content (AvgIpc) is 3.34. The van der Waals surface area contributed by atoms with E-state index < -0.39 is 0 Å². The number of nitrogens with zero attached hydrogens (tertiary/aromatic N) is 1. The summed E-state index contributed by atoms with van der Waals surface area (Å²) in [5.74, 6) is 0.579. The molecule has 0 saturated carbocycles. The number of fused-ring (bicyclic) bond motifs is 1. The van der Waals surface area contributed by atoms with Gasteiger partial charge >= 0.3 is 0 Å². The third-order valence-electron chi connectivity index (χ3n) is 4.88. The molecule has 1 aliphatic rings. The average molecular weight is 385 g/mol. The summed E-state index contributed by atoms with van der Waals surface area (Å²) >= 11 is 5.89. The van der Waals surface area contributed by atoms with Crippen molar-refractivity contribution in [1.82, 2.24) is 4.90 Å². The molecule has 1 amide bonds. The zero-order valence-corrected chi connectivity index (χ0v) is 15.9. The van der Waals surface area contributed by atoms with Crippen LogP contribution < -0.4 is 10.1 Å². The molecule has 4 rings (SSSR count). The van der Waals surface area contributed by atoms with E-state index in [1.54, 1.807) is 37.4 Å². The molecule has 0 spiro atoms. The van der Waals surface area contributed by atoms with Gasteiger partial charge in [-0.1, -0.05) is 17.7 Å². The van der Waals surface area contributed by atoms with Gasteiger partial charge in [-0.05, 0) is 67.9 Å². The number of carbonyl (C=O) groups excluding carboxylic acids is 1. The van der Waals surface area contributed by atoms with E-state index in [9.17, 15) is 4.79 Å². The van der Waals surface area contributed by atoms with E-state index in [2.05, 4.69) is 16.3 Å². The minimum atomic E-state index is -0.303. The first-order chi connectivity index (χ1) is 13.1. The second-order valence-electron chi connectivity index (χ2n) is 6.72. The van der Waals surface area contributed by atoms with Crippen molar-refractivity contribution in [3.8, 4) is 5.75 Å². The molecule has 1 N–H and O–H groups in total. The Morgan fingerprint density at radius 2 is 1.93 bits per heavy atom. The maximum atomic E-state index is 12.6. The largest absolute Gasteiger partial charge is 0.493 e. The van der Waals surface area contributed by atoms with Crippen LogP contribution in [0.3, 0.4) is 0 Å². The number of methoxy groups -OCH3 is 1. The molecule has 1 aromatic heterocycles. The van der Waals surface area contributed by atoms with E-state index in [0.717, 1.165) is 30.6 Å². The smallest absolute Gasteiger partial charge is 0.291 e. The third-order valence-corrected chi connectivity index (χ3v) is 5.13. The van der Waals surface area contributed by atoms with Gasteiger partial charge in [0.05, 0.1) is 7.11 Å². The van der Waals surface area contributed by atoms with Gasteiger partial charge in [-0.25, -0.2) is 0 Å². The van der Waals surface area contributed by atoms with Crippen LogP contribution in [0.4, 0.5) is 5.69 Å². The van der Waals surface area contributed by atoms with Crippen molar-refractivity contribution in [2.45, 2.75) is 19.4 Å². The fraction of sp³-hybridized carbons (Fsp3) is 0.286. The summed E-state index contributed by atoms with van der Waals surface area (Å²) in [5, 5.41) is 4.37. The van der Waals surface area contributed by atoms with Crippen LogP contribution in [-0.2, 0) is 6.54 Å². The molecular weight excluding hydrogens is 364 g/mol. The van der Waals surface area contributed by atoms with Gasteiger partial charge in [0.2, 0.25) is 0 Å². The summed E-state index contributed by atoms with van der Waals surface area (Å²) in [5.41, 5.74) is 2.41. The normalized spacial score (nSPS) is 14.6. The number of rotatable bonds is 5. The summed E-state index contributed by atoms with van der Waals surface area (Å²) in [4.78, 5) is 15.1. The molecule has 0 unspecified atom stereocenters. The van der Waals surface area contributed by atoms with E-state index in [1.807, 2.05) is 6.07 Å². The Bertz CT molecular complexity index is 959. The fourth-order valence-electron chi connectivity index (χ4n) is 3.47. The Hall–Kier alpha value is -2.50. The summed E-state index contributed by atoms with van der Waals surface area (Å²) in [6, 6.07) is 12.7. The van der Waals surface area contributed by atoms with Crippen molar-refractivity contribution in [3.05, 3.63) is 58.8 Å². The van der Waals surface area contributed by atoms with Crippen LogP contribution >= 0.6 is 11.6 Å². The van der Waals surface area contributed by atoms with Crippen molar-refractivity contribution in [2.75, 3.05) is 25.5 Å². The van der Waals surface area contributed by atoms with E-state index in [4.69, 9.17) is 20.8 Å². The van der Waals surface area contributed by atoms with Crippen LogP contribution in [-0.4, -0.2) is 31.0 Å². The second-order valence-corrected chi connectivity index (χ2v) is 7.16. The second kappa shape index (κ2) is 7.62. The standard InChI is InChI=1S/C21H21ClN2O3/c1-26-18-9-4-14(13-24-10-2-3-11-24)17-12-19(27-20(17)18)21(25)23-16-7-5-15(22)6-8-16/h4-9,12H,2-3,10-11,13H2,1H3,(H,23,25). The third kappa shape index (κ3) is 3.80. The van der Waals surface area contributed by atoms with Crippen LogP contribution in [0.15, 0.2) is 46.9 Å². The minimum absolute atomic E-state index is 0.257. The first-order valence-corrected chi connectivity index (χ1v) is 9.40. The van der Waals surface area contributed by atoms with Gasteiger partial charge in [0, 0.05) is 22.6 Å². The number of carbonyl (C=O) groups is 1. The monoisotopic (exact) mass is 384 g/mol. The number of halogens is 1. The molecule has 0 aliphatic carbocycles. The Morgan fingerprint density at radius 1 is 1.19 bits per heavy atom. The number of furan rings is 1. The minimum Gasteiger partial charge on any atom is -0.493 e. The van der Waals surface area contributed by atoms with Crippen molar-refractivity contribution in [2.24, 2.45) is 0 Å².